The van der Waals surface area contributed by atoms with Gasteiger partial charge in [0.2, 0.25) is 0 Å². The fourth-order valence-corrected chi connectivity index (χ4v) is 2.99. The molecule has 2 N–H and O–H groups in total. The van der Waals surface area contributed by atoms with E-state index in [4.69, 9.17) is 10.5 Å². The average Bonchev–Trinajstić information content (AvgIpc) is 2.48. The topological polar surface area (TPSA) is 38.5 Å². The maximum atomic E-state index is 6.06. The van der Waals surface area contributed by atoms with Gasteiger partial charge in [-0.2, -0.15) is 0 Å². The first-order chi connectivity index (χ1) is 10.3. The third-order valence-electron chi connectivity index (χ3n) is 4.00. The summed E-state index contributed by atoms with van der Waals surface area (Å²) in [6.45, 7) is 5.70. The summed E-state index contributed by atoms with van der Waals surface area (Å²) in [5, 5.41) is 0. The maximum Gasteiger partial charge on any atom is 0.119 e. The average molecular weight is 282 g/mol. The molecule has 21 heavy (non-hydrogen) atoms. The lowest BCUT2D eigenvalue weighted by atomic mass is 9.97. The lowest BCUT2D eigenvalue weighted by Gasteiger charge is -2.29. The Bertz CT molecular complexity index is 624. The van der Waals surface area contributed by atoms with Crippen LogP contribution in [0.25, 0.3) is 0 Å². The smallest absolute Gasteiger partial charge is 0.119 e. The van der Waals surface area contributed by atoms with Gasteiger partial charge < -0.3 is 10.5 Å². The molecule has 1 aliphatic rings. The van der Waals surface area contributed by atoms with Gasteiger partial charge >= 0.3 is 0 Å². The van der Waals surface area contributed by atoms with Crippen LogP contribution in [0.4, 0.5) is 5.69 Å². The number of rotatable bonds is 4. The molecule has 3 nitrogen and oxygen atoms in total. The SMILES string of the molecule is CCOc1cccc(CN2CCc3c(N)cccc3C2)c1. The summed E-state index contributed by atoms with van der Waals surface area (Å²) in [5.74, 6) is 0.955. The van der Waals surface area contributed by atoms with Crippen LogP contribution in [0.3, 0.4) is 0 Å². The van der Waals surface area contributed by atoms with Crippen molar-refractivity contribution in [2.24, 2.45) is 0 Å². The minimum Gasteiger partial charge on any atom is -0.494 e. The molecule has 2 aromatic carbocycles. The van der Waals surface area contributed by atoms with E-state index in [9.17, 15) is 0 Å². The van der Waals surface area contributed by atoms with E-state index >= 15 is 0 Å². The lowest BCUT2D eigenvalue weighted by Crippen LogP contribution is -2.30. The van der Waals surface area contributed by atoms with Gasteiger partial charge in [0, 0.05) is 25.3 Å². The first-order valence-corrected chi connectivity index (χ1v) is 7.56. The lowest BCUT2D eigenvalue weighted by molar-refractivity contribution is 0.245. The highest BCUT2D eigenvalue weighted by molar-refractivity contribution is 5.51. The molecule has 3 rings (SSSR count). The fourth-order valence-electron chi connectivity index (χ4n) is 2.99. The van der Waals surface area contributed by atoms with Crippen molar-refractivity contribution >= 4 is 5.69 Å². The van der Waals surface area contributed by atoms with Crippen molar-refractivity contribution in [1.82, 2.24) is 4.90 Å². The summed E-state index contributed by atoms with van der Waals surface area (Å²) >= 11 is 0. The molecule has 0 aromatic heterocycles. The molecule has 3 heteroatoms. The van der Waals surface area contributed by atoms with Crippen LogP contribution in [-0.4, -0.2) is 18.1 Å². The summed E-state index contributed by atoms with van der Waals surface area (Å²) in [4.78, 5) is 2.47. The Morgan fingerprint density at radius 3 is 2.90 bits per heavy atom. The van der Waals surface area contributed by atoms with E-state index in [1.807, 2.05) is 25.1 Å². The largest absolute Gasteiger partial charge is 0.494 e. The van der Waals surface area contributed by atoms with Crippen LogP contribution in [-0.2, 0) is 19.5 Å². The molecule has 0 atom stereocenters. The van der Waals surface area contributed by atoms with E-state index in [0.717, 1.165) is 37.5 Å². The standard InChI is InChI=1S/C18H22N2O/c1-2-21-16-7-3-5-14(11-16)12-20-10-9-17-15(13-20)6-4-8-18(17)19/h3-8,11H,2,9-10,12-13,19H2,1H3. The molecule has 0 radical (unpaired) electrons. The predicted molar refractivity (Wildman–Crippen MR) is 86.3 cm³/mol. The van der Waals surface area contributed by atoms with Crippen LogP contribution in [0.2, 0.25) is 0 Å². The molecule has 0 bridgehead atoms. The molecular weight excluding hydrogens is 260 g/mol. The molecule has 0 fully saturated rings. The third-order valence-corrected chi connectivity index (χ3v) is 4.00. The number of nitrogens with two attached hydrogens (primary N) is 1. The van der Waals surface area contributed by atoms with Crippen LogP contribution >= 0.6 is 0 Å². The number of hydrogen-bond acceptors (Lipinski definition) is 3. The summed E-state index contributed by atoms with van der Waals surface area (Å²) in [7, 11) is 0. The van der Waals surface area contributed by atoms with Gasteiger partial charge in [-0.25, -0.2) is 0 Å². The molecule has 0 spiro atoms. The molecular formula is C18H22N2O. The van der Waals surface area contributed by atoms with Gasteiger partial charge in [-0.05, 0) is 48.2 Å². The number of ether oxygens (including phenoxy) is 1. The van der Waals surface area contributed by atoms with Crippen molar-refractivity contribution < 1.29 is 4.74 Å². The Morgan fingerprint density at radius 2 is 2.05 bits per heavy atom. The molecule has 110 valence electrons. The van der Waals surface area contributed by atoms with Gasteiger partial charge in [0.1, 0.15) is 5.75 Å². The predicted octanol–water partition coefficient (Wildman–Crippen LogP) is 3.23. The molecule has 0 aliphatic carbocycles. The first kappa shape index (κ1) is 14.0. The maximum absolute atomic E-state index is 6.06. The minimum atomic E-state index is 0.708. The Labute approximate surface area is 126 Å². The van der Waals surface area contributed by atoms with Crippen LogP contribution in [0, 0.1) is 0 Å². The van der Waals surface area contributed by atoms with Crippen molar-refractivity contribution in [3.63, 3.8) is 0 Å². The van der Waals surface area contributed by atoms with Crippen LogP contribution in [0.5, 0.6) is 5.75 Å². The Hall–Kier alpha value is -2.00. The van der Waals surface area contributed by atoms with Crippen molar-refractivity contribution in [2.75, 3.05) is 18.9 Å². The molecule has 2 aromatic rings. The second kappa shape index (κ2) is 6.19. The van der Waals surface area contributed by atoms with Gasteiger partial charge in [0.05, 0.1) is 6.61 Å². The van der Waals surface area contributed by atoms with Gasteiger partial charge in [-0.1, -0.05) is 24.3 Å². The molecule has 0 unspecified atom stereocenters. The van der Waals surface area contributed by atoms with Gasteiger partial charge in [-0.15, -0.1) is 0 Å². The van der Waals surface area contributed by atoms with E-state index in [1.54, 1.807) is 0 Å². The molecule has 0 saturated carbocycles. The van der Waals surface area contributed by atoms with Gasteiger partial charge in [0.15, 0.2) is 0 Å². The Balaban J connectivity index is 1.71. The van der Waals surface area contributed by atoms with Crippen molar-refractivity contribution in [3.05, 3.63) is 59.2 Å². The number of nitrogens with zero attached hydrogens (tertiary/aromatic N) is 1. The highest BCUT2D eigenvalue weighted by Gasteiger charge is 2.17. The Morgan fingerprint density at radius 1 is 1.19 bits per heavy atom. The molecule has 1 heterocycles. The van der Waals surface area contributed by atoms with Crippen molar-refractivity contribution in [2.45, 2.75) is 26.4 Å². The zero-order valence-electron chi connectivity index (χ0n) is 12.5. The Kier molecular flexibility index (Phi) is 4.11. The van der Waals surface area contributed by atoms with Crippen molar-refractivity contribution in [1.29, 1.82) is 0 Å². The highest BCUT2D eigenvalue weighted by atomic mass is 16.5. The highest BCUT2D eigenvalue weighted by Crippen LogP contribution is 2.25. The van der Waals surface area contributed by atoms with E-state index in [2.05, 4.69) is 29.2 Å². The summed E-state index contributed by atoms with van der Waals surface area (Å²) in [5.41, 5.74) is 11.0. The summed E-state index contributed by atoms with van der Waals surface area (Å²) in [6.07, 6.45) is 1.03. The molecule has 0 saturated heterocycles. The van der Waals surface area contributed by atoms with E-state index in [-0.39, 0.29) is 0 Å². The molecule has 1 aliphatic heterocycles. The second-order valence-electron chi connectivity index (χ2n) is 5.53. The van der Waals surface area contributed by atoms with E-state index in [1.165, 1.54) is 16.7 Å². The number of nitrogen functional groups attached to an aromatic ring is 1. The van der Waals surface area contributed by atoms with Crippen molar-refractivity contribution in [3.8, 4) is 5.75 Å². The number of hydrogen-bond donors (Lipinski definition) is 1. The van der Waals surface area contributed by atoms with E-state index in [0.29, 0.717) is 6.61 Å². The zero-order valence-corrected chi connectivity index (χ0v) is 12.5. The van der Waals surface area contributed by atoms with E-state index < -0.39 is 0 Å². The minimum absolute atomic E-state index is 0.708. The third kappa shape index (κ3) is 3.19. The zero-order chi connectivity index (χ0) is 14.7. The van der Waals surface area contributed by atoms with Gasteiger partial charge in [-0.3, -0.25) is 4.90 Å². The number of fused-ring (bicyclic) bond motifs is 1. The van der Waals surface area contributed by atoms with Gasteiger partial charge in [0.25, 0.3) is 0 Å². The second-order valence-corrected chi connectivity index (χ2v) is 5.53. The quantitative estimate of drug-likeness (QED) is 0.875. The van der Waals surface area contributed by atoms with Crippen LogP contribution in [0.1, 0.15) is 23.6 Å². The summed E-state index contributed by atoms with van der Waals surface area (Å²) in [6, 6.07) is 14.6. The number of anilines is 1. The number of benzene rings is 2. The van der Waals surface area contributed by atoms with Crippen LogP contribution in [0.15, 0.2) is 42.5 Å². The first-order valence-electron chi connectivity index (χ1n) is 7.56. The molecule has 0 amide bonds. The van der Waals surface area contributed by atoms with Crippen LogP contribution < -0.4 is 10.5 Å². The normalized spacial score (nSPS) is 14.7. The summed E-state index contributed by atoms with van der Waals surface area (Å²) < 4.78 is 5.57. The fraction of sp³-hybridized carbons (Fsp3) is 0.333. The monoisotopic (exact) mass is 282 g/mol.